The van der Waals surface area contributed by atoms with Crippen molar-refractivity contribution < 1.29 is 13.2 Å². The van der Waals surface area contributed by atoms with Crippen molar-refractivity contribution in [3.05, 3.63) is 48.3 Å². The van der Waals surface area contributed by atoms with Crippen LogP contribution in [-0.4, -0.2) is 64.6 Å². The molecule has 1 fully saturated rings. The van der Waals surface area contributed by atoms with Gasteiger partial charge in [0.05, 0.1) is 28.9 Å². The molecular weight excluding hydrogens is 404 g/mol. The number of sulfone groups is 1. The zero-order valence-electron chi connectivity index (χ0n) is 17.2. The summed E-state index contributed by atoms with van der Waals surface area (Å²) in [4.78, 5) is 7.04. The number of para-hydroxylation sites is 1. The minimum Gasteiger partial charge on any atom is -0.378 e. The molecule has 10 heteroatoms. The van der Waals surface area contributed by atoms with Gasteiger partial charge in [0.2, 0.25) is 0 Å². The largest absolute Gasteiger partial charge is 0.378 e. The maximum atomic E-state index is 12.4. The Bertz CT molecular complexity index is 1070. The smallest absolute Gasteiger partial charge is 0.177 e. The molecule has 2 aliphatic rings. The first-order valence-electron chi connectivity index (χ1n) is 9.62. The predicted octanol–water partition coefficient (Wildman–Crippen LogP) is 1.77. The molecule has 9 nitrogen and oxygen atoms in total. The van der Waals surface area contributed by atoms with E-state index in [2.05, 4.69) is 25.9 Å². The summed E-state index contributed by atoms with van der Waals surface area (Å²) in [5.41, 5.74) is 5.07. The Hall–Kier alpha value is -2.82. The van der Waals surface area contributed by atoms with Crippen LogP contribution in [0, 0.1) is 0 Å². The first-order chi connectivity index (χ1) is 14.3. The number of aromatic nitrogens is 1. The number of pyridine rings is 1. The Morgan fingerprint density at radius 3 is 2.60 bits per heavy atom. The average molecular weight is 431 g/mol. The molecule has 0 atom stereocenters. The number of hydrogen-bond donors (Lipinski definition) is 3. The molecule has 3 N–H and O–H groups in total. The van der Waals surface area contributed by atoms with E-state index >= 15 is 0 Å². The third-order valence-electron chi connectivity index (χ3n) is 5.08. The molecule has 0 radical (unpaired) electrons. The van der Waals surface area contributed by atoms with Gasteiger partial charge in [0, 0.05) is 45.4 Å². The number of nitrogens with zero attached hydrogens (tertiary/aromatic N) is 3. The minimum atomic E-state index is -3.44. The molecule has 3 heterocycles. The van der Waals surface area contributed by atoms with Crippen molar-refractivity contribution in [1.82, 2.24) is 15.4 Å². The van der Waals surface area contributed by atoms with E-state index in [9.17, 15) is 8.42 Å². The molecule has 30 heavy (non-hydrogen) atoms. The maximum absolute atomic E-state index is 12.4. The normalized spacial score (nSPS) is 17.3. The van der Waals surface area contributed by atoms with Crippen LogP contribution in [-0.2, 0) is 14.6 Å². The molecule has 2 aromatic rings. The number of anilines is 4. The highest BCUT2D eigenvalue weighted by molar-refractivity contribution is 7.90. The van der Waals surface area contributed by atoms with Gasteiger partial charge in [-0.15, -0.1) is 0 Å². The molecule has 0 amide bonds. The summed E-state index contributed by atoms with van der Waals surface area (Å²) < 4.78 is 30.1. The highest BCUT2D eigenvalue weighted by atomic mass is 32.2. The van der Waals surface area contributed by atoms with Gasteiger partial charge in [-0.25, -0.2) is 18.4 Å². The van der Waals surface area contributed by atoms with Crippen molar-refractivity contribution in [3.63, 3.8) is 0 Å². The summed E-state index contributed by atoms with van der Waals surface area (Å²) in [6, 6.07) is 10.9. The van der Waals surface area contributed by atoms with Crippen molar-refractivity contribution in [2.24, 2.45) is 0 Å². The van der Waals surface area contributed by atoms with Gasteiger partial charge in [-0.3, -0.25) is 0 Å². The van der Waals surface area contributed by atoms with Crippen LogP contribution in [0.1, 0.15) is 0 Å². The van der Waals surface area contributed by atoms with Crippen LogP contribution in [0.2, 0.25) is 0 Å². The molecule has 2 aliphatic heterocycles. The van der Waals surface area contributed by atoms with Crippen molar-refractivity contribution in [3.8, 4) is 0 Å². The van der Waals surface area contributed by atoms with Gasteiger partial charge in [-0.2, -0.15) is 0 Å². The highest BCUT2D eigenvalue weighted by Gasteiger charge is 2.27. The third-order valence-corrected chi connectivity index (χ3v) is 6.22. The van der Waals surface area contributed by atoms with Crippen molar-refractivity contribution in [2.45, 2.75) is 11.0 Å². The second-order valence-electron chi connectivity index (χ2n) is 7.50. The fraction of sp³-hybridized carbons (Fsp3) is 0.350. The van der Waals surface area contributed by atoms with E-state index in [1.54, 1.807) is 19.2 Å². The second-order valence-corrected chi connectivity index (χ2v) is 9.48. The van der Waals surface area contributed by atoms with Crippen LogP contribution in [0.4, 0.5) is 23.0 Å². The van der Waals surface area contributed by atoms with Crippen LogP contribution >= 0.6 is 0 Å². The molecule has 4 rings (SSSR count). The first-order valence-corrected chi connectivity index (χ1v) is 11.5. The molecule has 1 saturated heterocycles. The molecule has 1 aromatic heterocycles. The lowest BCUT2D eigenvalue weighted by molar-refractivity contribution is 0.0783. The van der Waals surface area contributed by atoms with Gasteiger partial charge in [0.15, 0.2) is 9.84 Å². The Kier molecular flexibility index (Phi) is 5.54. The molecular formula is C20H26N6O3S. The molecule has 0 aliphatic carbocycles. The Morgan fingerprint density at radius 2 is 1.93 bits per heavy atom. The van der Waals surface area contributed by atoms with Gasteiger partial charge in [0.25, 0.3) is 0 Å². The number of methoxy groups -OCH3 is 1. The van der Waals surface area contributed by atoms with Gasteiger partial charge < -0.3 is 25.7 Å². The highest BCUT2D eigenvalue weighted by Crippen LogP contribution is 2.33. The quantitative estimate of drug-likeness (QED) is 0.607. The van der Waals surface area contributed by atoms with Crippen LogP contribution in [0.5, 0.6) is 0 Å². The SMILES string of the molecule is COC1CN(c2cccc(Nc3cccc(S(C)(=O)=O)c3NC3=CNN(C)C3)n2)C1. The van der Waals surface area contributed by atoms with Crippen LogP contribution < -0.4 is 21.0 Å². The average Bonchev–Trinajstić information content (AvgIpc) is 3.06. The third kappa shape index (κ3) is 4.35. The zero-order chi connectivity index (χ0) is 21.3. The molecule has 0 bridgehead atoms. The summed E-state index contributed by atoms with van der Waals surface area (Å²) >= 11 is 0. The summed E-state index contributed by atoms with van der Waals surface area (Å²) in [5.74, 6) is 1.49. The number of likely N-dealkylation sites (N-methyl/N-ethyl adjacent to an activating group) is 1. The van der Waals surface area contributed by atoms with Crippen molar-refractivity contribution in [1.29, 1.82) is 0 Å². The molecule has 160 valence electrons. The molecule has 0 spiro atoms. The molecule has 0 unspecified atom stereocenters. The zero-order valence-corrected chi connectivity index (χ0v) is 18.0. The summed E-state index contributed by atoms with van der Waals surface area (Å²) in [6.45, 7) is 2.23. The second kappa shape index (κ2) is 8.13. The van der Waals surface area contributed by atoms with E-state index in [-0.39, 0.29) is 11.0 Å². The monoisotopic (exact) mass is 430 g/mol. The lowest BCUT2D eigenvalue weighted by atomic mass is 10.1. The van der Waals surface area contributed by atoms with E-state index in [1.807, 2.05) is 42.5 Å². The number of rotatable bonds is 7. The van der Waals surface area contributed by atoms with Crippen molar-refractivity contribution >= 4 is 32.8 Å². The van der Waals surface area contributed by atoms with Gasteiger partial charge in [-0.05, 0) is 24.3 Å². The fourth-order valence-corrected chi connectivity index (χ4v) is 4.28. The number of hydrazine groups is 1. The van der Waals surface area contributed by atoms with E-state index < -0.39 is 9.84 Å². The van der Waals surface area contributed by atoms with Gasteiger partial charge in [-0.1, -0.05) is 12.1 Å². The fourth-order valence-electron chi connectivity index (χ4n) is 3.43. The van der Waals surface area contributed by atoms with Crippen LogP contribution in [0.25, 0.3) is 0 Å². The Labute approximate surface area is 176 Å². The van der Waals surface area contributed by atoms with E-state index in [1.165, 1.54) is 6.26 Å². The van der Waals surface area contributed by atoms with Gasteiger partial charge in [0.1, 0.15) is 11.6 Å². The lowest BCUT2D eigenvalue weighted by Gasteiger charge is -2.39. The van der Waals surface area contributed by atoms with Gasteiger partial charge >= 0.3 is 0 Å². The van der Waals surface area contributed by atoms with Crippen LogP contribution in [0.15, 0.2) is 53.2 Å². The predicted molar refractivity (Wildman–Crippen MR) is 118 cm³/mol. The summed E-state index contributed by atoms with van der Waals surface area (Å²) in [5, 5.41) is 8.44. The van der Waals surface area contributed by atoms with Crippen molar-refractivity contribution in [2.75, 3.05) is 55.6 Å². The van der Waals surface area contributed by atoms with E-state index in [0.717, 1.165) is 24.6 Å². The topological polar surface area (TPSA) is 98.8 Å². The molecule has 1 aromatic carbocycles. The lowest BCUT2D eigenvalue weighted by Crippen LogP contribution is -2.52. The Morgan fingerprint density at radius 1 is 1.17 bits per heavy atom. The standard InChI is InChI=1S/C20H26N6O3S/c1-25-11-14(10-21-25)22-20-16(6-4-7-17(20)30(3,27)28)23-18-8-5-9-19(24-18)26-12-15(13-26)29-2/h4-10,15,21-22H,11-13H2,1-3H3,(H,23,24). The number of ether oxygens (including phenoxy) is 1. The summed E-state index contributed by atoms with van der Waals surface area (Å²) in [6.07, 6.45) is 3.26. The van der Waals surface area contributed by atoms with Crippen LogP contribution in [0.3, 0.4) is 0 Å². The number of benzene rings is 1. The van der Waals surface area contributed by atoms with E-state index in [0.29, 0.717) is 23.7 Å². The number of hydrogen-bond acceptors (Lipinski definition) is 9. The maximum Gasteiger partial charge on any atom is 0.177 e. The van der Waals surface area contributed by atoms with E-state index in [4.69, 9.17) is 4.74 Å². The first kappa shape index (κ1) is 20.5. The minimum absolute atomic E-state index is 0.227. The molecule has 0 saturated carbocycles. The Balaban J connectivity index is 1.62. The number of nitrogens with one attached hydrogen (secondary N) is 3. The summed E-state index contributed by atoms with van der Waals surface area (Å²) in [7, 11) is 0.186.